The largest absolute Gasteiger partial charge is 0.373 e. The molecule has 1 unspecified atom stereocenters. The van der Waals surface area contributed by atoms with Crippen molar-refractivity contribution in [1.82, 2.24) is 9.88 Å². The first-order chi connectivity index (χ1) is 9.78. The number of hydrogen-bond acceptors (Lipinski definition) is 4. The minimum Gasteiger partial charge on any atom is -0.373 e. The van der Waals surface area contributed by atoms with Gasteiger partial charge >= 0.3 is 0 Å². The van der Waals surface area contributed by atoms with Gasteiger partial charge in [0.2, 0.25) is 0 Å². The van der Waals surface area contributed by atoms with Gasteiger partial charge in [0.25, 0.3) is 5.91 Å². The Bertz CT molecular complexity index is 629. The number of nitrogens with zero attached hydrogens (tertiary/aromatic N) is 2. The van der Waals surface area contributed by atoms with Gasteiger partial charge in [0.1, 0.15) is 0 Å². The molecule has 3 rings (SSSR count). The molecule has 2 heterocycles. The monoisotopic (exact) mass is 271 g/mol. The number of pyridine rings is 1. The predicted octanol–water partition coefficient (Wildman–Crippen LogP) is 1.03. The van der Waals surface area contributed by atoms with Crippen LogP contribution in [-0.2, 0) is 4.74 Å². The third-order valence-electron chi connectivity index (χ3n) is 3.54. The first kappa shape index (κ1) is 13.0. The summed E-state index contributed by atoms with van der Waals surface area (Å²) in [6.07, 6.45) is 1.69. The Balaban J connectivity index is 1.84. The van der Waals surface area contributed by atoms with E-state index in [4.69, 9.17) is 10.5 Å². The number of carbonyl (C=O) groups excluding carboxylic acids is 1. The molecule has 0 radical (unpaired) electrons. The van der Waals surface area contributed by atoms with Crippen LogP contribution < -0.4 is 5.73 Å². The molecule has 1 aliphatic heterocycles. The fourth-order valence-electron chi connectivity index (χ4n) is 2.44. The average Bonchev–Trinajstić information content (AvgIpc) is 2.53. The fraction of sp³-hybridized carbons (Fsp3) is 0.333. The first-order valence-electron chi connectivity index (χ1n) is 6.73. The lowest BCUT2D eigenvalue weighted by Gasteiger charge is -2.32. The molecule has 1 amide bonds. The fourth-order valence-corrected chi connectivity index (χ4v) is 2.44. The zero-order valence-corrected chi connectivity index (χ0v) is 11.2. The number of ether oxygens (including phenoxy) is 1. The zero-order chi connectivity index (χ0) is 13.9. The van der Waals surface area contributed by atoms with Gasteiger partial charge in [-0.15, -0.1) is 0 Å². The summed E-state index contributed by atoms with van der Waals surface area (Å²) in [6.45, 7) is 2.15. The molecule has 1 fully saturated rings. The molecule has 0 bridgehead atoms. The van der Waals surface area contributed by atoms with Crippen LogP contribution in [0.1, 0.15) is 10.4 Å². The average molecular weight is 271 g/mol. The molecule has 0 saturated carbocycles. The lowest BCUT2D eigenvalue weighted by molar-refractivity contribution is -0.0167. The summed E-state index contributed by atoms with van der Waals surface area (Å²) in [5.41, 5.74) is 7.19. The van der Waals surface area contributed by atoms with Gasteiger partial charge in [-0.1, -0.05) is 6.07 Å². The summed E-state index contributed by atoms with van der Waals surface area (Å²) in [5, 5.41) is 0.974. The van der Waals surface area contributed by atoms with Gasteiger partial charge in [-0.25, -0.2) is 0 Å². The third-order valence-corrected chi connectivity index (χ3v) is 3.54. The summed E-state index contributed by atoms with van der Waals surface area (Å²) in [4.78, 5) is 18.6. The lowest BCUT2D eigenvalue weighted by Crippen LogP contribution is -2.48. The first-order valence-corrected chi connectivity index (χ1v) is 6.73. The molecule has 1 atom stereocenters. The van der Waals surface area contributed by atoms with E-state index in [2.05, 4.69) is 4.98 Å². The normalized spacial score (nSPS) is 19.2. The van der Waals surface area contributed by atoms with Gasteiger partial charge in [-0.05, 0) is 24.3 Å². The van der Waals surface area contributed by atoms with E-state index in [-0.39, 0.29) is 12.0 Å². The smallest absolute Gasteiger partial charge is 0.254 e. The molecule has 5 nitrogen and oxygen atoms in total. The number of benzene rings is 1. The van der Waals surface area contributed by atoms with Gasteiger partial charge < -0.3 is 15.4 Å². The minimum atomic E-state index is -0.0603. The number of fused-ring (bicyclic) bond motifs is 1. The maximum atomic E-state index is 12.5. The molecular formula is C15H17N3O2. The topological polar surface area (TPSA) is 68.5 Å². The molecule has 104 valence electrons. The van der Waals surface area contributed by atoms with Crippen molar-refractivity contribution >= 4 is 16.8 Å². The van der Waals surface area contributed by atoms with Crippen LogP contribution in [0, 0.1) is 0 Å². The van der Waals surface area contributed by atoms with E-state index in [1.165, 1.54) is 0 Å². The SMILES string of the molecule is NCC1CN(C(=O)c2ccc3ncccc3c2)CCO1. The summed E-state index contributed by atoms with van der Waals surface area (Å²) < 4.78 is 5.48. The number of rotatable bonds is 2. The Labute approximate surface area is 117 Å². The van der Waals surface area contributed by atoms with E-state index in [1.807, 2.05) is 30.3 Å². The highest BCUT2D eigenvalue weighted by atomic mass is 16.5. The Hall–Kier alpha value is -1.98. The predicted molar refractivity (Wildman–Crippen MR) is 76.4 cm³/mol. The molecule has 2 N–H and O–H groups in total. The van der Waals surface area contributed by atoms with Crippen molar-refractivity contribution in [1.29, 1.82) is 0 Å². The van der Waals surface area contributed by atoms with Gasteiger partial charge in [0, 0.05) is 36.8 Å². The van der Waals surface area contributed by atoms with Crippen LogP contribution in [0.15, 0.2) is 36.5 Å². The summed E-state index contributed by atoms with van der Waals surface area (Å²) in [7, 11) is 0. The van der Waals surface area contributed by atoms with E-state index in [9.17, 15) is 4.79 Å². The quantitative estimate of drug-likeness (QED) is 0.886. The van der Waals surface area contributed by atoms with Crippen LogP contribution in [-0.4, -0.2) is 48.1 Å². The van der Waals surface area contributed by atoms with Crippen molar-refractivity contribution in [3.8, 4) is 0 Å². The molecular weight excluding hydrogens is 254 g/mol. The standard InChI is InChI=1S/C15H17N3O2/c16-9-13-10-18(6-7-20-13)15(19)12-3-4-14-11(8-12)2-1-5-17-14/h1-5,8,13H,6-7,9-10,16H2. The van der Waals surface area contributed by atoms with Gasteiger partial charge in [0.05, 0.1) is 18.2 Å². The van der Waals surface area contributed by atoms with Gasteiger partial charge in [-0.2, -0.15) is 0 Å². The maximum Gasteiger partial charge on any atom is 0.254 e. The van der Waals surface area contributed by atoms with Crippen molar-refractivity contribution < 1.29 is 9.53 Å². The van der Waals surface area contributed by atoms with Crippen LogP contribution in [0.4, 0.5) is 0 Å². The van der Waals surface area contributed by atoms with Crippen molar-refractivity contribution in [2.24, 2.45) is 5.73 Å². The summed E-state index contributed by atoms with van der Waals surface area (Å²) in [5.74, 6) is 0.0255. The number of nitrogens with two attached hydrogens (primary N) is 1. The van der Waals surface area contributed by atoms with Crippen LogP contribution in [0.3, 0.4) is 0 Å². The second-order valence-electron chi connectivity index (χ2n) is 4.89. The van der Waals surface area contributed by atoms with E-state index < -0.39 is 0 Å². The molecule has 1 saturated heterocycles. The van der Waals surface area contributed by atoms with Gasteiger partial charge in [0.15, 0.2) is 0 Å². The number of carbonyl (C=O) groups is 1. The highest BCUT2D eigenvalue weighted by molar-refractivity contribution is 5.98. The van der Waals surface area contributed by atoms with Crippen LogP contribution in [0.5, 0.6) is 0 Å². The van der Waals surface area contributed by atoms with E-state index in [1.54, 1.807) is 11.1 Å². The van der Waals surface area contributed by atoms with Crippen molar-refractivity contribution in [3.63, 3.8) is 0 Å². The number of amides is 1. The number of morpholine rings is 1. The number of hydrogen-bond donors (Lipinski definition) is 1. The van der Waals surface area contributed by atoms with E-state index in [0.717, 1.165) is 10.9 Å². The van der Waals surface area contributed by atoms with Gasteiger partial charge in [-0.3, -0.25) is 9.78 Å². The highest BCUT2D eigenvalue weighted by Gasteiger charge is 2.24. The van der Waals surface area contributed by atoms with Crippen molar-refractivity contribution in [2.75, 3.05) is 26.2 Å². The molecule has 0 aliphatic carbocycles. The Kier molecular flexibility index (Phi) is 3.62. The molecule has 1 aliphatic rings. The summed E-state index contributed by atoms with van der Waals surface area (Å²) in [6, 6.07) is 9.42. The maximum absolute atomic E-state index is 12.5. The Morgan fingerprint density at radius 1 is 1.45 bits per heavy atom. The minimum absolute atomic E-state index is 0.0255. The molecule has 20 heavy (non-hydrogen) atoms. The Morgan fingerprint density at radius 2 is 2.35 bits per heavy atom. The molecule has 1 aromatic heterocycles. The molecule has 1 aromatic carbocycles. The van der Waals surface area contributed by atoms with E-state index in [0.29, 0.717) is 31.8 Å². The van der Waals surface area contributed by atoms with Crippen LogP contribution in [0.25, 0.3) is 10.9 Å². The lowest BCUT2D eigenvalue weighted by atomic mass is 10.1. The molecule has 5 heteroatoms. The highest BCUT2D eigenvalue weighted by Crippen LogP contribution is 2.16. The number of aromatic nitrogens is 1. The molecule has 0 spiro atoms. The molecule has 2 aromatic rings. The second kappa shape index (κ2) is 5.56. The van der Waals surface area contributed by atoms with Crippen molar-refractivity contribution in [3.05, 3.63) is 42.1 Å². The zero-order valence-electron chi connectivity index (χ0n) is 11.2. The summed E-state index contributed by atoms with van der Waals surface area (Å²) >= 11 is 0. The second-order valence-corrected chi connectivity index (χ2v) is 4.89. The Morgan fingerprint density at radius 3 is 3.20 bits per heavy atom. The third kappa shape index (κ3) is 2.50. The van der Waals surface area contributed by atoms with Crippen LogP contribution in [0.2, 0.25) is 0 Å². The van der Waals surface area contributed by atoms with Crippen LogP contribution >= 0.6 is 0 Å². The van der Waals surface area contributed by atoms with E-state index >= 15 is 0 Å². The van der Waals surface area contributed by atoms with Crippen molar-refractivity contribution in [2.45, 2.75) is 6.10 Å².